The maximum absolute atomic E-state index is 12.9. The van der Waals surface area contributed by atoms with Gasteiger partial charge in [0.15, 0.2) is 0 Å². The van der Waals surface area contributed by atoms with Gasteiger partial charge in [0.2, 0.25) is 5.76 Å². The maximum Gasteiger partial charge on any atom is 0.373 e. The van der Waals surface area contributed by atoms with Crippen LogP contribution in [0, 0.1) is 5.82 Å². The molecule has 0 saturated carbocycles. The van der Waals surface area contributed by atoms with Crippen LogP contribution in [0.5, 0.6) is 0 Å². The third kappa shape index (κ3) is 2.51. The molecule has 0 saturated heterocycles. The molecule has 1 aromatic carbocycles. The van der Waals surface area contributed by atoms with Gasteiger partial charge >= 0.3 is 5.97 Å². The highest BCUT2D eigenvalue weighted by Gasteiger charge is 2.30. The van der Waals surface area contributed by atoms with Gasteiger partial charge < -0.3 is 14.3 Å². The number of rotatable bonds is 3. The first-order chi connectivity index (χ1) is 8.95. The molecule has 5 heteroatoms. The lowest BCUT2D eigenvalue weighted by Crippen LogP contribution is -2.22. The van der Waals surface area contributed by atoms with Crippen molar-refractivity contribution in [2.45, 2.75) is 12.5 Å². The van der Waals surface area contributed by atoms with Gasteiger partial charge in [-0.25, -0.2) is 9.18 Å². The van der Waals surface area contributed by atoms with E-state index < -0.39 is 17.4 Å². The number of carbonyl (C=O) groups is 1. The average molecular weight is 264 g/mol. The summed E-state index contributed by atoms with van der Waals surface area (Å²) < 4.78 is 22.7. The maximum atomic E-state index is 12.9. The second-order valence-corrected chi connectivity index (χ2v) is 4.23. The summed E-state index contributed by atoms with van der Waals surface area (Å²) in [7, 11) is 1.24. The predicted molar refractivity (Wildman–Crippen MR) is 65.1 cm³/mol. The lowest BCUT2D eigenvalue weighted by atomic mass is 9.93. The molecule has 1 N–H and O–H groups in total. The second kappa shape index (κ2) is 4.85. The molecule has 0 aliphatic heterocycles. The molecule has 2 rings (SSSR count). The van der Waals surface area contributed by atoms with Gasteiger partial charge in [-0.15, -0.1) is 0 Å². The molecule has 0 spiro atoms. The van der Waals surface area contributed by atoms with Gasteiger partial charge in [-0.3, -0.25) is 0 Å². The first-order valence-corrected chi connectivity index (χ1v) is 5.62. The lowest BCUT2D eigenvalue weighted by Gasteiger charge is -2.21. The SMILES string of the molecule is COC(=O)c1ccc(C(C)(O)c2ccc(F)cc2)o1. The summed E-state index contributed by atoms with van der Waals surface area (Å²) in [6.45, 7) is 1.50. The van der Waals surface area contributed by atoms with Crippen LogP contribution >= 0.6 is 0 Å². The van der Waals surface area contributed by atoms with Crippen LogP contribution < -0.4 is 0 Å². The van der Waals surface area contributed by atoms with Crippen LogP contribution in [0.1, 0.15) is 28.8 Å². The Bertz CT molecular complexity index is 584. The summed E-state index contributed by atoms with van der Waals surface area (Å²) in [5, 5.41) is 10.4. The van der Waals surface area contributed by atoms with Crippen molar-refractivity contribution in [2.24, 2.45) is 0 Å². The Morgan fingerprint density at radius 1 is 1.26 bits per heavy atom. The average Bonchev–Trinajstić information content (AvgIpc) is 2.88. The third-order valence-electron chi connectivity index (χ3n) is 2.88. The molecule has 19 heavy (non-hydrogen) atoms. The largest absolute Gasteiger partial charge is 0.463 e. The summed E-state index contributed by atoms with van der Waals surface area (Å²) in [5.74, 6) is -0.838. The van der Waals surface area contributed by atoms with Crippen LogP contribution in [0.25, 0.3) is 0 Å². The van der Waals surface area contributed by atoms with E-state index in [0.29, 0.717) is 5.56 Å². The molecule has 1 heterocycles. The number of ether oxygens (including phenoxy) is 1. The van der Waals surface area contributed by atoms with Gasteiger partial charge in [-0.05, 0) is 36.8 Å². The minimum atomic E-state index is -1.46. The van der Waals surface area contributed by atoms with Crippen molar-refractivity contribution in [2.75, 3.05) is 7.11 Å². The molecular formula is C14H13FO4. The molecule has 1 atom stereocenters. The van der Waals surface area contributed by atoms with E-state index in [0.717, 1.165) is 0 Å². The van der Waals surface area contributed by atoms with Crippen molar-refractivity contribution in [3.05, 3.63) is 59.3 Å². The zero-order chi connectivity index (χ0) is 14.0. The van der Waals surface area contributed by atoms with Gasteiger partial charge in [0.05, 0.1) is 7.11 Å². The quantitative estimate of drug-likeness (QED) is 0.865. The first-order valence-electron chi connectivity index (χ1n) is 5.62. The van der Waals surface area contributed by atoms with E-state index in [-0.39, 0.29) is 11.5 Å². The Hall–Kier alpha value is -2.14. The fraction of sp³-hybridized carbons (Fsp3) is 0.214. The normalized spacial score (nSPS) is 13.9. The van der Waals surface area contributed by atoms with Crippen LogP contribution in [0.15, 0.2) is 40.8 Å². The van der Waals surface area contributed by atoms with Crippen molar-refractivity contribution >= 4 is 5.97 Å². The number of benzene rings is 1. The van der Waals surface area contributed by atoms with Gasteiger partial charge in [0.25, 0.3) is 0 Å². The number of furan rings is 1. The topological polar surface area (TPSA) is 59.7 Å². The van der Waals surface area contributed by atoms with Gasteiger partial charge in [-0.1, -0.05) is 12.1 Å². The number of halogens is 1. The minimum absolute atomic E-state index is 0.000105. The van der Waals surface area contributed by atoms with Crippen LogP contribution in [-0.4, -0.2) is 18.2 Å². The van der Waals surface area contributed by atoms with Crippen molar-refractivity contribution in [3.8, 4) is 0 Å². The molecular weight excluding hydrogens is 251 g/mol. The third-order valence-corrected chi connectivity index (χ3v) is 2.88. The highest BCUT2D eigenvalue weighted by Crippen LogP contribution is 2.30. The van der Waals surface area contributed by atoms with E-state index in [4.69, 9.17) is 4.42 Å². The molecule has 0 fully saturated rings. The van der Waals surface area contributed by atoms with E-state index in [1.807, 2.05) is 0 Å². The van der Waals surface area contributed by atoms with Gasteiger partial charge in [-0.2, -0.15) is 0 Å². The van der Waals surface area contributed by atoms with Crippen molar-refractivity contribution in [1.82, 2.24) is 0 Å². The molecule has 2 aromatic rings. The lowest BCUT2D eigenvalue weighted by molar-refractivity contribution is 0.0522. The molecule has 0 bridgehead atoms. The van der Waals surface area contributed by atoms with Crippen molar-refractivity contribution in [1.29, 1.82) is 0 Å². The number of esters is 1. The first kappa shape index (κ1) is 13.3. The summed E-state index contributed by atoms with van der Waals surface area (Å²) >= 11 is 0. The van der Waals surface area contributed by atoms with Gasteiger partial charge in [0.1, 0.15) is 17.2 Å². The summed E-state index contributed by atoms with van der Waals surface area (Å²) in [4.78, 5) is 11.3. The Balaban J connectivity index is 2.36. The summed E-state index contributed by atoms with van der Waals surface area (Å²) in [6.07, 6.45) is 0. The fourth-order valence-corrected chi connectivity index (χ4v) is 1.73. The number of hydrogen-bond donors (Lipinski definition) is 1. The van der Waals surface area contributed by atoms with Crippen LogP contribution in [0.4, 0.5) is 4.39 Å². The van der Waals surface area contributed by atoms with Crippen LogP contribution in [-0.2, 0) is 10.3 Å². The Morgan fingerprint density at radius 3 is 2.47 bits per heavy atom. The van der Waals surface area contributed by atoms with E-state index >= 15 is 0 Å². The Morgan fingerprint density at radius 2 is 1.89 bits per heavy atom. The van der Waals surface area contributed by atoms with Gasteiger partial charge in [0, 0.05) is 0 Å². The smallest absolute Gasteiger partial charge is 0.373 e. The zero-order valence-electron chi connectivity index (χ0n) is 10.5. The molecule has 4 nitrogen and oxygen atoms in total. The number of hydrogen-bond acceptors (Lipinski definition) is 4. The minimum Gasteiger partial charge on any atom is -0.463 e. The number of aliphatic hydroxyl groups is 1. The van der Waals surface area contributed by atoms with Crippen LogP contribution in [0.2, 0.25) is 0 Å². The molecule has 0 aliphatic carbocycles. The molecule has 0 aliphatic rings. The number of carbonyl (C=O) groups excluding carboxylic acids is 1. The molecule has 0 amide bonds. The second-order valence-electron chi connectivity index (χ2n) is 4.23. The predicted octanol–water partition coefficient (Wildman–Crippen LogP) is 2.46. The van der Waals surface area contributed by atoms with E-state index in [2.05, 4.69) is 4.74 Å². The highest BCUT2D eigenvalue weighted by molar-refractivity contribution is 5.86. The molecule has 1 aromatic heterocycles. The monoisotopic (exact) mass is 264 g/mol. The molecule has 1 unspecified atom stereocenters. The van der Waals surface area contributed by atoms with E-state index in [1.165, 1.54) is 50.4 Å². The highest BCUT2D eigenvalue weighted by atomic mass is 19.1. The number of methoxy groups -OCH3 is 1. The van der Waals surface area contributed by atoms with Crippen molar-refractivity contribution in [3.63, 3.8) is 0 Å². The zero-order valence-corrected chi connectivity index (χ0v) is 10.5. The summed E-state index contributed by atoms with van der Waals surface area (Å²) in [6, 6.07) is 8.29. The van der Waals surface area contributed by atoms with E-state index in [1.54, 1.807) is 0 Å². The molecule has 0 radical (unpaired) electrons. The van der Waals surface area contributed by atoms with Crippen molar-refractivity contribution < 1.29 is 23.4 Å². The Labute approximate surface area is 109 Å². The van der Waals surface area contributed by atoms with Crippen LogP contribution in [0.3, 0.4) is 0 Å². The standard InChI is InChI=1S/C14H13FO4/c1-14(17,9-3-5-10(15)6-4-9)12-8-7-11(19-12)13(16)18-2/h3-8,17H,1-2H3. The van der Waals surface area contributed by atoms with E-state index in [9.17, 15) is 14.3 Å². The Kier molecular flexibility index (Phi) is 3.40. The fourth-order valence-electron chi connectivity index (χ4n) is 1.73. The molecule has 100 valence electrons. The summed E-state index contributed by atoms with van der Waals surface area (Å²) in [5.41, 5.74) is -1.00.